The van der Waals surface area contributed by atoms with Crippen molar-refractivity contribution in [3.05, 3.63) is 47.9 Å². The van der Waals surface area contributed by atoms with Crippen LogP contribution in [-0.2, 0) is 4.74 Å². The topological polar surface area (TPSA) is 64.1 Å². The first-order chi connectivity index (χ1) is 8.69. The molecule has 2 heterocycles. The average molecular weight is 243 g/mol. The zero-order valence-corrected chi connectivity index (χ0v) is 10.2. The average Bonchev–Trinajstić information content (AvgIpc) is 2.38. The number of hydrogen-bond acceptors (Lipinski definition) is 5. The minimum absolute atomic E-state index is 0.386. The summed E-state index contributed by atoms with van der Waals surface area (Å²) >= 11 is 0. The fourth-order valence-corrected chi connectivity index (χ4v) is 1.51. The number of carbonyl (C=O) groups excluding carboxylic acids is 1. The number of aryl methyl sites for hydroxylation is 1. The highest BCUT2D eigenvalue weighted by Gasteiger charge is 2.06. The van der Waals surface area contributed by atoms with Gasteiger partial charge in [0, 0.05) is 12.4 Å². The molecule has 0 atom stereocenters. The largest absolute Gasteiger partial charge is 0.465 e. The van der Waals surface area contributed by atoms with Crippen LogP contribution in [0.2, 0.25) is 0 Å². The Bertz CT molecular complexity index is 570. The Morgan fingerprint density at radius 1 is 1.33 bits per heavy atom. The lowest BCUT2D eigenvalue weighted by molar-refractivity contribution is 0.0600. The summed E-state index contributed by atoms with van der Waals surface area (Å²) in [5.74, 6) is 0.188. The van der Waals surface area contributed by atoms with Gasteiger partial charge in [-0.15, -0.1) is 0 Å². The minimum atomic E-state index is -0.386. The summed E-state index contributed by atoms with van der Waals surface area (Å²) in [6.07, 6.45) is 5.01. The third-order valence-electron chi connectivity index (χ3n) is 2.33. The maximum Gasteiger partial charge on any atom is 0.338 e. The Hall–Kier alpha value is -2.43. The number of nitrogens with one attached hydrogen (secondary N) is 1. The zero-order chi connectivity index (χ0) is 13.0. The molecule has 0 aromatic carbocycles. The van der Waals surface area contributed by atoms with Gasteiger partial charge >= 0.3 is 5.97 Å². The number of nitrogens with zero attached hydrogens (tertiary/aromatic N) is 2. The van der Waals surface area contributed by atoms with Gasteiger partial charge in [0.25, 0.3) is 0 Å². The van der Waals surface area contributed by atoms with E-state index in [-0.39, 0.29) is 5.97 Å². The predicted octanol–water partition coefficient (Wildman–Crippen LogP) is 2.32. The number of pyridine rings is 2. The first-order valence-corrected chi connectivity index (χ1v) is 5.42. The summed E-state index contributed by atoms with van der Waals surface area (Å²) in [6, 6.07) is 5.18. The van der Waals surface area contributed by atoms with Crippen molar-refractivity contribution in [3.63, 3.8) is 0 Å². The fourth-order valence-electron chi connectivity index (χ4n) is 1.51. The van der Waals surface area contributed by atoms with Gasteiger partial charge in [0.2, 0.25) is 0 Å². The van der Waals surface area contributed by atoms with E-state index in [1.165, 1.54) is 7.11 Å². The number of hydrogen-bond donors (Lipinski definition) is 1. The molecule has 0 aliphatic heterocycles. The van der Waals surface area contributed by atoms with Gasteiger partial charge in [0.15, 0.2) is 0 Å². The van der Waals surface area contributed by atoms with E-state index in [2.05, 4.69) is 20.0 Å². The normalized spacial score (nSPS) is 9.89. The van der Waals surface area contributed by atoms with Crippen LogP contribution in [-0.4, -0.2) is 23.0 Å². The summed E-state index contributed by atoms with van der Waals surface area (Å²) in [7, 11) is 1.35. The monoisotopic (exact) mass is 243 g/mol. The van der Waals surface area contributed by atoms with Crippen LogP contribution in [0.3, 0.4) is 0 Å². The Balaban J connectivity index is 2.22. The van der Waals surface area contributed by atoms with Crippen molar-refractivity contribution < 1.29 is 9.53 Å². The standard InChI is InChI=1S/C13H13N3O2/c1-9-5-11(8-14-7-9)16-12-6-10(3-4-15-12)13(17)18-2/h3-8H,1-2H3,(H,15,16). The number of esters is 1. The number of methoxy groups -OCH3 is 1. The first-order valence-electron chi connectivity index (χ1n) is 5.42. The van der Waals surface area contributed by atoms with Crippen molar-refractivity contribution in [2.75, 3.05) is 12.4 Å². The number of aromatic nitrogens is 2. The molecule has 0 spiro atoms. The second-order valence-corrected chi connectivity index (χ2v) is 3.80. The number of anilines is 2. The smallest absolute Gasteiger partial charge is 0.338 e. The van der Waals surface area contributed by atoms with E-state index in [4.69, 9.17) is 0 Å². The Labute approximate surface area is 105 Å². The third-order valence-corrected chi connectivity index (χ3v) is 2.33. The van der Waals surface area contributed by atoms with E-state index in [1.807, 2.05) is 13.0 Å². The van der Waals surface area contributed by atoms with Crippen molar-refractivity contribution in [2.24, 2.45) is 0 Å². The van der Waals surface area contributed by atoms with Gasteiger partial charge < -0.3 is 10.1 Å². The Kier molecular flexibility index (Phi) is 3.52. The van der Waals surface area contributed by atoms with E-state index >= 15 is 0 Å². The molecule has 0 aliphatic carbocycles. The molecule has 1 N–H and O–H groups in total. The third kappa shape index (κ3) is 2.82. The molecule has 0 bridgehead atoms. The van der Waals surface area contributed by atoms with Gasteiger partial charge in [-0.25, -0.2) is 9.78 Å². The van der Waals surface area contributed by atoms with Crippen LogP contribution in [0, 0.1) is 6.92 Å². The molecule has 5 nitrogen and oxygen atoms in total. The van der Waals surface area contributed by atoms with Crippen molar-refractivity contribution in [1.82, 2.24) is 9.97 Å². The summed E-state index contributed by atoms with van der Waals surface area (Å²) in [4.78, 5) is 19.6. The molecule has 5 heteroatoms. The predicted molar refractivity (Wildman–Crippen MR) is 67.8 cm³/mol. The summed E-state index contributed by atoms with van der Waals surface area (Å²) < 4.78 is 4.65. The summed E-state index contributed by atoms with van der Waals surface area (Å²) in [6.45, 7) is 1.95. The molecule has 0 unspecified atom stereocenters. The molecule has 0 amide bonds. The van der Waals surface area contributed by atoms with Crippen LogP contribution in [0.1, 0.15) is 15.9 Å². The molecule has 2 aromatic rings. The van der Waals surface area contributed by atoms with Crippen LogP contribution in [0.5, 0.6) is 0 Å². The molecule has 92 valence electrons. The number of carbonyl (C=O) groups is 1. The van der Waals surface area contributed by atoms with E-state index < -0.39 is 0 Å². The van der Waals surface area contributed by atoms with Crippen molar-refractivity contribution >= 4 is 17.5 Å². The van der Waals surface area contributed by atoms with Crippen LogP contribution in [0.4, 0.5) is 11.5 Å². The van der Waals surface area contributed by atoms with Crippen LogP contribution >= 0.6 is 0 Å². The van der Waals surface area contributed by atoms with Crippen molar-refractivity contribution in [3.8, 4) is 0 Å². The van der Waals surface area contributed by atoms with Crippen LogP contribution in [0.25, 0.3) is 0 Å². The van der Waals surface area contributed by atoms with E-state index in [9.17, 15) is 4.79 Å². The molecule has 0 aliphatic rings. The van der Waals surface area contributed by atoms with E-state index in [0.717, 1.165) is 11.3 Å². The zero-order valence-electron chi connectivity index (χ0n) is 10.2. The molecule has 0 fully saturated rings. The second kappa shape index (κ2) is 5.27. The second-order valence-electron chi connectivity index (χ2n) is 3.80. The molecule has 0 saturated heterocycles. The molecular weight excluding hydrogens is 230 g/mol. The van der Waals surface area contributed by atoms with E-state index in [1.54, 1.807) is 30.7 Å². The lowest BCUT2D eigenvalue weighted by Gasteiger charge is -2.06. The molecule has 0 radical (unpaired) electrons. The number of ether oxygens (including phenoxy) is 1. The van der Waals surface area contributed by atoms with Gasteiger partial charge in [-0.1, -0.05) is 0 Å². The van der Waals surface area contributed by atoms with Gasteiger partial charge in [-0.3, -0.25) is 4.98 Å². The highest BCUT2D eigenvalue weighted by Crippen LogP contribution is 2.15. The van der Waals surface area contributed by atoms with Gasteiger partial charge in [-0.2, -0.15) is 0 Å². The SMILES string of the molecule is COC(=O)c1ccnc(Nc2cncc(C)c2)c1. The van der Waals surface area contributed by atoms with Crippen molar-refractivity contribution in [2.45, 2.75) is 6.92 Å². The molecule has 2 rings (SSSR count). The maximum atomic E-state index is 11.4. The lowest BCUT2D eigenvalue weighted by Crippen LogP contribution is -2.03. The van der Waals surface area contributed by atoms with Gasteiger partial charge in [-0.05, 0) is 30.7 Å². The quantitative estimate of drug-likeness (QED) is 0.838. The Morgan fingerprint density at radius 3 is 2.89 bits per heavy atom. The summed E-state index contributed by atoms with van der Waals surface area (Å²) in [5, 5.41) is 3.08. The lowest BCUT2D eigenvalue weighted by atomic mass is 10.2. The molecule has 2 aromatic heterocycles. The highest BCUT2D eigenvalue weighted by atomic mass is 16.5. The van der Waals surface area contributed by atoms with Crippen LogP contribution in [0.15, 0.2) is 36.8 Å². The van der Waals surface area contributed by atoms with Gasteiger partial charge in [0.1, 0.15) is 5.82 Å². The van der Waals surface area contributed by atoms with Crippen LogP contribution < -0.4 is 5.32 Å². The highest BCUT2D eigenvalue weighted by molar-refractivity contribution is 5.90. The molecule has 18 heavy (non-hydrogen) atoms. The minimum Gasteiger partial charge on any atom is -0.465 e. The van der Waals surface area contributed by atoms with E-state index in [0.29, 0.717) is 11.4 Å². The fraction of sp³-hybridized carbons (Fsp3) is 0.154. The van der Waals surface area contributed by atoms with Crippen molar-refractivity contribution in [1.29, 1.82) is 0 Å². The maximum absolute atomic E-state index is 11.4. The van der Waals surface area contributed by atoms with Gasteiger partial charge in [0.05, 0.1) is 24.6 Å². The molecule has 0 saturated carbocycles. The Morgan fingerprint density at radius 2 is 2.17 bits per heavy atom. The molecular formula is C13H13N3O2. The summed E-state index contributed by atoms with van der Waals surface area (Å²) in [5.41, 5.74) is 2.32. The number of rotatable bonds is 3. The first kappa shape index (κ1) is 12.0.